The van der Waals surface area contributed by atoms with Crippen LogP contribution in [0, 0.1) is 20.8 Å². The molecule has 2 aliphatic heterocycles. The number of aliphatic imine (C=N–C) groups is 1. The molecule has 0 spiro atoms. The van der Waals surface area contributed by atoms with E-state index >= 15 is 0 Å². The highest BCUT2D eigenvalue weighted by Crippen LogP contribution is 2.22. The van der Waals surface area contributed by atoms with E-state index in [4.69, 9.17) is 0 Å². The Balaban J connectivity index is 2.24. The van der Waals surface area contributed by atoms with Gasteiger partial charge < -0.3 is 0 Å². The molecule has 3 rings (SSSR count). The van der Waals surface area contributed by atoms with Crippen LogP contribution in [0.1, 0.15) is 30.8 Å². The third-order valence-corrected chi connectivity index (χ3v) is 4.85. The third-order valence-electron chi connectivity index (χ3n) is 4.85. The molecule has 1 atom stereocenters. The first-order chi connectivity index (χ1) is 11.2. The van der Waals surface area contributed by atoms with Gasteiger partial charge in [-0.05, 0) is 34.6 Å². The molecule has 1 aromatic rings. The van der Waals surface area contributed by atoms with Crippen LogP contribution in [0.15, 0.2) is 4.99 Å². The summed E-state index contributed by atoms with van der Waals surface area (Å²) in [7, 11) is 3.15. The second kappa shape index (κ2) is 5.25. The van der Waals surface area contributed by atoms with Gasteiger partial charge >= 0.3 is 12.0 Å². The van der Waals surface area contributed by atoms with E-state index in [1.54, 1.807) is 11.7 Å². The number of amides is 3. The van der Waals surface area contributed by atoms with E-state index in [1.165, 1.54) is 11.9 Å². The average molecular weight is 331 g/mol. The van der Waals surface area contributed by atoms with E-state index in [0.29, 0.717) is 11.8 Å². The number of carbonyl (C=O) groups excluding carboxylic acids is 2. The lowest BCUT2D eigenvalue weighted by Crippen LogP contribution is -2.62. The topological polar surface area (TPSA) is 73.8 Å². The van der Waals surface area contributed by atoms with E-state index < -0.39 is 6.04 Å². The number of hydrogen-bond donors (Lipinski definition) is 0. The van der Waals surface area contributed by atoms with E-state index in [0.717, 1.165) is 21.9 Å². The van der Waals surface area contributed by atoms with Crippen LogP contribution < -0.4 is 0 Å². The van der Waals surface area contributed by atoms with Gasteiger partial charge in [0.25, 0.3) is 5.91 Å². The van der Waals surface area contributed by atoms with Crippen LogP contribution in [0.4, 0.5) is 4.79 Å². The number of imide groups is 1. The van der Waals surface area contributed by atoms with Gasteiger partial charge in [-0.1, -0.05) is 4.99 Å². The number of amidine groups is 1. The largest absolute Gasteiger partial charge is 0.421 e. The van der Waals surface area contributed by atoms with Crippen molar-refractivity contribution in [2.24, 2.45) is 4.99 Å². The standard InChI is InChI=1S/C16H23N6O2/c1-8(2)21-12-13(19(6)16(24)20(7)14(12)23)17-15(21)22-11(5)9(3)10(4)18-22/h8,12H,1-7H3/q+1. The summed E-state index contributed by atoms with van der Waals surface area (Å²) in [4.78, 5) is 32.2. The molecule has 24 heavy (non-hydrogen) atoms. The van der Waals surface area contributed by atoms with Crippen LogP contribution in [0.25, 0.3) is 0 Å². The summed E-state index contributed by atoms with van der Waals surface area (Å²) in [5.41, 5.74) is 2.99. The van der Waals surface area contributed by atoms with Crippen molar-refractivity contribution < 1.29 is 14.2 Å². The lowest BCUT2D eigenvalue weighted by atomic mass is 10.1. The molecule has 0 aromatic carbocycles. The Morgan fingerprint density at radius 1 is 1.08 bits per heavy atom. The van der Waals surface area contributed by atoms with Crippen molar-refractivity contribution in [1.82, 2.24) is 19.6 Å². The number of aryl methyl sites for hydroxylation is 1. The molecular weight excluding hydrogens is 308 g/mol. The fourth-order valence-electron chi connectivity index (χ4n) is 3.15. The molecule has 1 saturated heterocycles. The molecular formula is C16H23N6O2+. The van der Waals surface area contributed by atoms with Crippen LogP contribution in [-0.4, -0.2) is 74.1 Å². The Hall–Kier alpha value is -2.51. The Labute approximate surface area is 141 Å². The smallest absolute Gasteiger partial charge is 0.270 e. The van der Waals surface area contributed by atoms with Crippen molar-refractivity contribution in [3.05, 3.63) is 17.0 Å². The first-order valence-corrected chi connectivity index (χ1v) is 7.99. The van der Waals surface area contributed by atoms with Gasteiger partial charge in [0, 0.05) is 19.7 Å². The zero-order valence-electron chi connectivity index (χ0n) is 15.2. The molecule has 3 amide bonds. The molecule has 0 saturated carbocycles. The number of hydrogen-bond acceptors (Lipinski definition) is 4. The monoisotopic (exact) mass is 331 g/mol. The number of urea groups is 1. The van der Waals surface area contributed by atoms with Gasteiger partial charge in [0.2, 0.25) is 11.9 Å². The summed E-state index contributed by atoms with van der Waals surface area (Å²) < 4.78 is 3.69. The highest BCUT2D eigenvalue weighted by atomic mass is 16.2. The van der Waals surface area contributed by atoms with Crippen molar-refractivity contribution in [2.45, 2.75) is 46.7 Å². The van der Waals surface area contributed by atoms with Gasteiger partial charge in [-0.3, -0.25) is 14.6 Å². The van der Waals surface area contributed by atoms with Crippen molar-refractivity contribution in [2.75, 3.05) is 14.1 Å². The van der Waals surface area contributed by atoms with Crippen molar-refractivity contribution in [3.8, 4) is 0 Å². The lowest BCUT2D eigenvalue weighted by Gasteiger charge is -2.32. The molecule has 8 nitrogen and oxygen atoms in total. The minimum absolute atomic E-state index is 0.0226. The summed E-state index contributed by atoms with van der Waals surface area (Å²) in [5, 5.41) is 4.57. The normalized spacial score (nSPS) is 21.2. The Bertz CT molecular complexity index is 817. The van der Waals surface area contributed by atoms with Crippen LogP contribution in [0.2, 0.25) is 0 Å². The summed E-state index contributed by atoms with van der Waals surface area (Å²) in [5.74, 6) is 0.776. The molecule has 128 valence electrons. The van der Waals surface area contributed by atoms with Gasteiger partial charge in [0.05, 0.1) is 11.7 Å². The first-order valence-electron chi connectivity index (χ1n) is 7.99. The van der Waals surface area contributed by atoms with Crippen molar-refractivity contribution >= 4 is 23.7 Å². The minimum Gasteiger partial charge on any atom is -0.270 e. The van der Waals surface area contributed by atoms with E-state index in [-0.39, 0.29) is 18.0 Å². The number of carbonyl (C=O) groups is 2. The number of aromatic nitrogens is 2. The van der Waals surface area contributed by atoms with Gasteiger partial charge in [-0.25, -0.2) is 9.37 Å². The maximum atomic E-state index is 12.7. The van der Waals surface area contributed by atoms with E-state index in [9.17, 15) is 9.59 Å². The second-order valence-electron chi connectivity index (χ2n) is 6.62. The van der Waals surface area contributed by atoms with Crippen LogP contribution >= 0.6 is 0 Å². The van der Waals surface area contributed by atoms with Crippen LogP contribution in [-0.2, 0) is 4.79 Å². The van der Waals surface area contributed by atoms with Crippen LogP contribution in [0.5, 0.6) is 0 Å². The maximum Gasteiger partial charge on any atom is 0.421 e. The third kappa shape index (κ3) is 2.02. The van der Waals surface area contributed by atoms with E-state index in [2.05, 4.69) is 10.1 Å². The second-order valence-corrected chi connectivity index (χ2v) is 6.62. The number of rotatable bonds is 1. The zero-order chi connectivity index (χ0) is 17.9. The molecule has 1 unspecified atom stereocenters. The van der Waals surface area contributed by atoms with Gasteiger partial charge in [0.1, 0.15) is 5.69 Å². The molecule has 2 aliphatic rings. The summed E-state index contributed by atoms with van der Waals surface area (Å²) in [6, 6.07) is -0.948. The highest BCUT2D eigenvalue weighted by molar-refractivity contribution is 6.22. The number of fused-ring (bicyclic) bond motifs is 1. The van der Waals surface area contributed by atoms with Gasteiger partial charge in [0.15, 0.2) is 0 Å². The highest BCUT2D eigenvalue weighted by Gasteiger charge is 2.52. The summed E-state index contributed by atoms with van der Waals surface area (Å²) >= 11 is 0. The molecule has 0 bridgehead atoms. The minimum atomic E-state index is -0.600. The number of nitrogens with zero attached hydrogens (tertiary/aromatic N) is 6. The predicted molar refractivity (Wildman–Crippen MR) is 89.4 cm³/mol. The van der Waals surface area contributed by atoms with Gasteiger partial charge in [-0.15, -0.1) is 9.78 Å². The molecule has 1 fully saturated rings. The quantitative estimate of drug-likeness (QED) is 0.712. The molecule has 1 aromatic heterocycles. The zero-order valence-corrected chi connectivity index (χ0v) is 15.2. The average Bonchev–Trinajstić information content (AvgIpc) is 3.04. The molecule has 0 radical (unpaired) electrons. The Morgan fingerprint density at radius 3 is 2.21 bits per heavy atom. The van der Waals surface area contributed by atoms with Crippen LogP contribution in [0.3, 0.4) is 0 Å². The first kappa shape index (κ1) is 16.4. The molecule has 8 heteroatoms. The molecule has 3 heterocycles. The Kier molecular flexibility index (Phi) is 3.58. The lowest BCUT2D eigenvalue weighted by molar-refractivity contribution is -0.567. The molecule has 0 N–H and O–H groups in total. The fraction of sp³-hybridized carbons (Fsp3) is 0.562. The van der Waals surface area contributed by atoms with Gasteiger partial charge in [-0.2, -0.15) is 0 Å². The van der Waals surface area contributed by atoms with Crippen molar-refractivity contribution in [3.63, 3.8) is 0 Å². The number of likely N-dealkylation sites (N-methyl/N-ethyl adjacent to an activating group) is 2. The van der Waals surface area contributed by atoms with Crippen molar-refractivity contribution in [1.29, 1.82) is 0 Å². The predicted octanol–water partition coefficient (Wildman–Crippen LogP) is 0.738. The van der Waals surface area contributed by atoms with E-state index in [1.807, 2.05) is 39.2 Å². The Morgan fingerprint density at radius 2 is 1.71 bits per heavy atom. The summed E-state index contributed by atoms with van der Waals surface area (Å²) in [6.07, 6.45) is 0. The fourth-order valence-corrected chi connectivity index (χ4v) is 3.15. The molecule has 0 aliphatic carbocycles. The SMILES string of the molecule is Cc1nn(C2=[N+](C(C)C)C3C(=O)N(C)C(=O)N(C)C3=N2)c(C)c1C. The summed E-state index contributed by atoms with van der Waals surface area (Å²) in [6.45, 7) is 9.94. The maximum absolute atomic E-state index is 12.7.